The van der Waals surface area contributed by atoms with Crippen LogP contribution in [0.25, 0.3) is 33.1 Å². The van der Waals surface area contributed by atoms with Crippen molar-refractivity contribution >= 4 is 21.9 Å². The molecule has 4 aromatic rings. The molecule has 0 amide bonds. The van der Waals surface area contributed by atoms with Crippen LogP contribution >= 0.6 is 0 Å². The third kappa shape index (κ3) is 5.28. The van der Waals surface area contributed by atoms with Crippen LogP contribution in [0.15, 0.2) is 60.9 Å². The number of hydrogen-bond acceptors (Lipinski definition) is 9. The second-order valence-corrected chi connectivity index (χ2v) is 8.24. The fourth-order valence-corrected chi connectivity index (χ4v) is 4.16. The standard InChI is InChI=1S/C27H29NO8/c1-4-34-23-7-5-6-17-14-20(27(31)36-25(17)23)19-15-24(30)35-26-18(19)8-9-22(29)21(26)16-28(10-12-32-2)11-13-33-3/h5-9,14-15,29H,4,10-13,16H2,1-3H3. The first-order chi connectivity index (χ1) is 17.5. The molecule has 0 bridgehead atoms. The van der Waals surface area contributed by atoms with E-state index in [1.807, 2.05) is 11.8 Å². The molecule has 2 heterocycles. The van der Waals surface area contributed by atoms with E-state index in [1.54, 1.807) is 44.6 Å². The Morgan fingerprint density at radius 1 is 0.917 bits per heavy atom. The average Bonchev–Trinajstić information content (AvgIpc) is 2.87. The van der Waals surface area contributed by atoms with Gasteiger partial charge in [0.2, 0.25) is 0 Å². The maximum absolute atomic E-state index is 13.1. The molecule has 190 valence electrons. The monoisotopic (exact) mass is 495 g/mol. The second-order valence-electron chi connectivity index (χ2n) is 8.24. The van der Waals surface area contributed by atoms with Gasteiger partial charge in [0.1, 0.15) is 11.3 Å². The summed E-state index contributed by atoms with van der Waals surface area (Å²) in [7, 11) is 3.23. The fraction of sp³-hybridized carbons (Fsp3) is 0.333. The molecule has 9 heteroatoms. The van der Waals surface area contributed by atoms with Gasteiger partial charge >= 0.3 is 11.3 Å². The molecule has 0 aliphatic heterocycles. The number of phenols is 1. The summed E-state index contributed by atoms with van der Waals surface area (Å²) >= 11 is 0. The SMILES string of the molecule is CCOc1cccc2cc(-c3cc(=O)oc4c(CN(CCOC)CCOC)c(O)ccc34)c(=O)oc12. The van der Waals surface area contributed by atoms with Gasteiger partial charge < -0.3 is 28.2 Å². The highest BCUT2D eigenvalue weighted by atomic mass is 16.5. The minimum Gasteiger partial charge on any atom is -0.507 e. The van der Waals surface area contributed by atoms with Gasteiger partial charge in [-0.2, -0.15) is 0 Å². The highest BCUT2D eigenvalue weighted by Crippen LogP contribution is 2.34. The zero-order valence-electron chi connectivity index (χ0n) is 20.5. The first-order valence-electron chi connectivity index (χ1n) is 11.7. The third-order valence-electron chi connectivity index (χ3n) is 5.91. The Bertz CT molecular complexity index is 1460. The molecule has 2 aromatic heterocycles. The van der Waals surface area contributed by atoms with Crippen LogP contribution in [-0.2, 0) is 16.0 Å². The summed E-state index contributed by atoms with van der Waals surface area (Å²) in [5.74, 6) is 0.449. The Kier molecular flexibility index (Phi) is 8.04. The third-order valence-corrected chi connectivity index (χ3v) is 5.91. The van der Waals surface area contributed by atoms with Crippen LogP contribution in [0.5, 0.6) is 11.5 Å². The summed E-state index contributed by atoms with van der Waals surface area (Å²) in [6.45, 7) is 4.67. The molecular formula is C27H29NO8. The van der Waals surface area contributed by atoms with Crippen molar-refractivity contribution in [3.63, 3.8) is 0 Å². The summed E-state index contributed by atoms with van der Waals surface area (Å²) in [5.41, 5.74) is 0.292. The topological polar surface area (TPSA) is 112 Å². The summed E-state index contributed by atoms with van der Waals surface area (Å²) in [4.78, 5) is 27.7. The number of benzene rings is 2. The van der Waals surface area contributed by atoms with Crippen molar-refractivity contribution in [3.8, 4) is 22.6 Å². The van der Waals surface area contributed by atoms with Crippen LogP contribution in [0, 0.1) is 0 Å². The van der Waals surface area contributed by atoms with Gasteiger partial charge in [-0.15, -0.1) is 0 Å². The molecule has 4 rings (SSSR count). The van der Waals surface area contributed by atoms with Crippen LogP contribution in [0.2, 0.25) is 0 Å². The van der Waals surface area contributed by atoms with E-state index in [2.05, 4.69) is 0 Å². The molecule has 9 nitrogen and oxygen atoms in total. The van der Waals surface area contributed by atoms with E-state index in [9.17, 15) is 14.7 Å². The Morgan fingerprint density at radius 3 is 2.36 bits per heavy atom. The van der Waals surface area contributed by atoms with Crippen molar-refractivity contribution in [2.75, 3.05) is 47.1 Å². The molecule has 0 saturated carbocycles. The Balaban J connectivity index is 1.87. The molecule has 1 N–H and O–H groups in total. The zero-order chi connectivity index (χ0) is 25.7. The first-order valence-corrected chi connectivity index (χ1v) is 11.7. The minimum absolute atomic E-state index is 0.0189. The van der Waals surface area contributed by atoms with Gasteiger partial charge in [0.05, 0.1) is 30.9 Å². The number of hydrogen-bond donors (Lipinski definition) is 1. The summed E-state index contributed by atoms with van der Waals surface area (Å²) in [6.07, 6.45) is 0. The van der Waals surface area contributed by atoms with E-state index in [0.717, 1.165) is 0 Å². The van der Waals surface area contributed by atoms with Crippen LogP contribution in [0.3, 0.4) is 0 Å². The lowest BCUT2D eigenvalue weighted by atomic mass is 9.99. The van der Waals surface area contributed by atoms with Gasteiger partial charge in [0.15, 0.2) is 11.3 Å². The van der Waals surface area contributed by atoms with E-state index in [4.69, 9.17) is 23.0 Å². The van der Waals surface area contributed by atoms with E-state index in [-0.39, 0.29) is 23.4 Å². The number of ether oxygens (including phenoxy) is 3. The highest BCUT2D eigenvalue weighted by Gasteiger charge is 2.20. The number of para-hydroxylation sites is 1. The summed E-state index contributed by atoms with van der Waals surface area (Å²) < 4.78 is 27.2. The number of fused-ring (bicyclic) bond motifs is 2. The molecule has 0 radical (unpaired) electrons. The molecule has 0 unspecified atom stereocenters. The number of rotatable bonds is 11. The number of aromatic hydroxyl groups is 1. The van der Waals surface area contributed by atoms with E-state index >= 15 is 0 Å². The maximum atomic E-state index is 13.1. The second kappa shape index (κ2) is 11.4. The molecule has 0 aliphatic carbocycles. The number of phenolic OH excluding ortho intramolecular Hbond substituents is 1. The van der Waals surface area contributed by atoms with Crippen LogP contribution in [0.1, 0.15) is 12.5 Å². The fourth-order valence-electron chi connectivity index (χ4n) is 4.16. The van der Waals surface area contributed by atoms with Crippen molar-refractivity contribution in [1.29, 1.82) is 0 Å². The number of nitrogens with zero attached hydrogens (tertiary/aromatic N) is 1. The van der Waals surface area contributed by atoms with Crippen LogP contribution in [-0.4, -0.2) is 57.1 Å². The minimum atomic E-state index is -0.646. The van der Waals surface area contributed by atoms with Gasteiger partial charge in [0, 0.05) is 56.3 Å². The largest absolute Gasteiger partial charge is 0.507 e. The summed E-state index contributed by atoms with van der Waals surface area (Å²) in [5, 5.41) is 11.9. The van der Waals surface area contributed by atoms with Crippen molar-refractivity contribution in [2.24, 2.45) is 0 Å². The van der Waals surface area contributed by atoms with E-state index in [0.29, 0.717) is 66.1 Å². The zero-order valence-corrected chi connectivity index (χ0v) is 20.5. The van der Waals surface area contributed by atoms with Crippen molar-refractivity contribution in [3.05, 3.63) is 68.9 Å². The molecule has 0 atom stereocenters. The molecule has 2 aromatic carbocycles. The molecule has 36 heavy (non-hydrogen) atoms. The van der Waals surface area contributed by atoms with Crippen molar-refractivity contribution in [1.82, 2.24) is 4.90 Å². The van der Waals surface area contributed by atoms with Gasteiger partial charge in [-0.05, 0) is 31.2 Å². The van der Waals surface area contributed by atoms with Crippen LogP contribution < -0.4 is 16.0 Å². The maximum Gasteiger partial charge on any atom is 0.344 e. The normalized spacial score (nSPS) is 11.6. The first kappa shape index (κ1) is 25.4. The Morgan fingerprint density at radius 2 is 1.67 bits per heavy atom. The highest BCUT2D eigenvalue weighted by molar-refractivity contribution is 5.97. The molecule has 0 saturated heterocycles. The van der Waals surface area contributed by atoms with Gasteiger partial charge in [0.25, 0.3) is 0 Å². The molecular weight excluding hydrogens is 466 g/mol. The Hall–Kier alpha value is -3.66. The predicted octanol–water partition coefficient (Wildman–Crippen LogP) is 3.77. The lowest BCUT2D eigenvalue weighted by Crippen LogP contribution is -2.30. The Labute approximate surface area is 207 Å². The lowest BCUT2D eigenvalue weighted by molar-refractivity contribution is 0.110. The average molecular weight is 496 g/mol. The number of methoxy groups -OCH3 is 2. The van der Waals surface area contributed by atoms with Crippen molar-refractivity contribution in [2.45, 2.75) is 13.5 Å². The van der Waals surface area contributed by atoms with Gasteiger partial charge in [-0.1, -0.05) is 12.1 Å². The lowest BCUT2D eigenvalue weighted by Gasteiger charge is -2.22. The molecule has 0 fully saturated rings. The van der Waals surface area contributed by atoms with E-state index in [1.165, 1.54) is 12.1 Å². The molecule has 0 aliphatic rings. The van der Waals surface area contributed by atoms with Crippen molar-refractivity contribution < 1.29 is 28.2 Å². The smallest absolute Gasteiger partial charge is 0.344 e. The quantitative estimate of drug-likeness (QED) is 0.311. The van der Waals surface area contributed by atoms with E-state index < -0.39 is 11.3 Å². The van der Waals surface area contributed by atoms with Crippen LogP contribution in [0.4, 0.5) is 0 Å². The summed E-state index contributed by atoms with van der Waals surface area (Å²) in [6, 6.07) is 11.4. The molecule has 0 spiro atoms. The van der Waals surface area contributed by atoms with Gasteiger partial charge in [-0.25, -0.2) is 9.59 Å². The predicted molar refractivity (Wildman–Crippen MR) is 136 cm³/mol. The van der Waals surface area contributed by atoms with Gasteiger partial charge in [-0.3, -0.25) is 4.90 Å².